The number of halogens is 4. The molecule has 0 radical (unpaired) electrons. The van der Waals surface area contributed by atoms with Crippen molar-refractivity contribution in [2.45, 2.75) is 13.1 Å². The number of ether oxygens (including phenoxy) is 4. The summed E-state index contributed by atoms with van der Waals surface area (Å²) in [5.74, 6) is -6.68. The lowest BCUT2D eigenvalue weighted by molar-refractivity contribution is 0.0687. The zero-order valence-corrected chi connectivity index (χ0v) is 23.8. The summed E-state index contributed by atoms with van der Waals surface area (Å²) in [6, 6.07) is 19.4. The van der Waals surface area contributed by atoms with E-state index in [1.807, 2.05) is 36.4 Å². The maximum atomic E-state index is 14.4. The van der Waals surface area contributed by atoms with Crippen molar-refractivity contribution in [2.75, 3.05) is 39.1 Å². The third-order valence-corrected chi connectivity index (χ3v) is 6.11. The largest absolute Gasteiger partial charge is 0.493 e. The summed E-state index contributed by atoms with van der Waals surface area (Å²) >= 11 is 0. The molecule has 12 heteroatoms. The third kappa shape index (κ3) is 7.59. The molecule has 0 aromatic heterocycles. The van der Waals surface area contributed by atoms with E-state index in [4.69, 9.17) is 24.1 Å². The SMILES string of the molecule is COc1c(F)c(NCc2ccccc2)c(F)c(OC)c1C(=O)O.COc1cc(OC)c(F)c(NCc2ccccc2)c1F. The number of hydrogen-bond acceptors (Lipinski definition) is 7. The van der Waals surface area contributed by atoms with Crippen molar-refractivity contribution in [3.05, 3.63) is 107 Å². The number of carbonyl (C=O) groups is 1. The molecular weight excluding hydrogens is 572 g/mol. The zero-order chi connectivity index (χ0) is 31.5. The minimum absolute atomic E-state index is 0.0705. The normalized spacial score (nSPS) is 10.2. The molecule has 4 aromatic carbocycles. The van der Waals surface area contributed by atoms with Gasteiger partial charge in [-0.1, -0.05) is 60.7 Å². The van der Waals surface area contributed by atoms with Gasteiger partial charge in [0.05, 0.1) is 28.4 Å². The topological polar surface area (TPSA) is 98.3 Å². The highest BCUT2D eigenvalue weighted by Crippen LogP contribution is 2.40. The van der Waals surface area contributed by atoms with Gasteiger partial charge in [-0.15, -0.1) is 0 Å². The van der Waals surface area contributed by atoms with Gasteiger partial charge >= 0.3 is 5.97 Å². The monoisotopic (exact) mass is 602 g/mol. The van der Waals surface area contributed by atoms with E-state index >= 15 is 0 Å². The highest BCUT2D eigenvalue weighted by Gasteiger charge is 2.30. The fourth-order valence-electron chi connectivity index (χ4n) is 3.99. The molecule has 3 N–H and O–H groups in total. The van der Waals surface area contributed by atoms with E-state index in [9.17, 15) is 22.4 Å². The molecule has 0 unspecified atom stereocenters. The number of methoxy groups -OCH3 is 4. The van der Waals surface area contributed by atoms with Gasteiger partial charge < -0.3 is 34.7 Å². The molecule has 0 bridgehead atoms. The number of rotatable bonds is 11. The Labute approximate surface area is 245 Å². The van der Waals surface area contributed by atoms with Gasteiger partial charge in [0, 0.05) is 19.2 Å². The number of carboxylic acids is 1. The molecule has 8 nitrogen and oxygen atoms in total. The standard InChI is InChI=1S/C16H15F2NO4.C15H15F2NO2/c1-22-14-10(16(20)21)15(23-2)12(18)13(11(14)17)19-8-9-6-4-3-5-7-9;1-19-11-8-12(20-2)14(17)15(13(11)16)18-9-10-6-4-3-5-7-10/h3-7,19H,8H2,1-2H3,(H,20,21);3-8,18H,9H2,1-2H3. The highest BCUT2D eigenvalue weighted by atomic mass is 19.1. The molecule has 0 aliphatic rings. The van der Waals surface area contributed by atoms with E-state index in [-0.39, 0.29) is 23.7 Å². The van der Waals surface area contributed by atoms with Crippen LogP contribution in [0.25, 0.3) is 0 Å². The van der Waals surface area contributed by atoms with Crippen LogP contribution in [-0.2, 0) is 13.1 Å². The maximum absolute atomic E-state index is 14.4. The fourth-order valence-corrected chi connectivity index (χ4v) is 3.99. The number of hydrogen-bond donors (Lipinski definition) is 3. The van der Waals surface area contributed by atoms with E-state index in [0.29, 0.717) is 6.54 Å². The van der Waals surface area contributed by atoms with Crippen LogP contribution in [0.1, 0.15) is 21.5 Å². The van der Waals surface area contributed by atoms with Crippen molar-refractivity contribution in [1.29, 1.82) is 0 Å². The van der Waals surface area contributed by atoms with E-state index in [0.717, 1.165) is 25.3 Å². The summed E-state index contributed by atoms with van der Waals surface area (Å²) in [6.07, 6.45) is 0. The van der Waals surface area contributed by atoms with Gasteiger partial charge in [0.25, 0.3) is 0 Å². The Balaban J connectivity index is 0.000000238. The Hall–Kier alpha value is -5.13. The van der Waals surface area contributed by atoms with Crippen molar-refractivity contribution in [1.82, 2.24) is 0 Å². The molecule has 0 aliphatic heterocycles. The molecule has 0 fully saturated rings. The van der Waals surface area contributed by atoms with Crippen LogP contribution in [0.2, 0.25) is 0 Å². The smallest absolute Gasteiger partial charge is 0.343 e. The average Bonchev–Trinajstić information content (AvgIpc) is 3.02. The molecule has 0 heterocycles. The molecule has 0 atom stereocenters. The summed E-state index contributed by atoms with van der Waals surface area (Å²) in [5, 5.41) is 14.5. The lowest BCUT2D eigenvalue weighted by Crippen LogP contribution is -2.12. The number of benzene rings is 4. The quantitative estimate of drug-likeness (QED) is 0.160. The molecule has 0 saturated heterocycles. The van der Waals surface area contributed by atoms with Gasteiger partial charge in [0.1, 0.15) is 16.9 Å². The van der Waals surface area contributed by atoms with Gasteiger partial charge in [0.15, 0.2) is 46.3 Å². The summed E-state index contributed by atoms with van der Waals surface area (Å²) in [7, 11) is 4.83. The molecule has 0 aliphatic carbocycles. The first-order chi connectivity index (χ1) is 20.7. The second kappa shape index (κ2) is 15.2. The molecule has 0 spiro atoms. The molecule has 0 saturated carbocycles. The van der Waals surface area contributed by atoms with Gasteiger partial charge in [-0.2, -0.15) is 0 Å². The Bertz CT molecular complexity index is 1480. The van der Waals surface area contributed by atoms with Gasteiger partial charge in [0.2, 0.25) is 0 Å². The number of carboxylic acid groups (broad SMARTS) is 1. The minimum Gasteiger partial charge on any atom is -0.493 e. The lowest BCUT2D eigenvalue weighted by Gasteiger charge is -2.17. The van der Waals surface area contributed by atoms with Crippen LogP contribution in [0.3, 0.4) is 0 Å². The Kier molecular flexibility index (Phi) is 11.4. The van der Waals surface area contributed by atoms with Crippen molar-refractivity contribution in [2.24, 2.45) is 0 Å². The van der Waals surface area contributed by atoms with Crippen LogP contribution in [-0.4, -0.2) is 39.5 Å². The fraction of sp³-hybridized carbons (Fsp3) is 0.194. The van der Waals surface area contributed by atoms with Crippen molar-refractivity contribution in [3.63, 3.8) is 0 Å². The van der Waals surface area contributed by atoms with E-state index in [1.54, 1.807) is 24.3 Å². The van der Waals surface area contributed by atoms with E-state index in [1.165, 1.54) is 20.3 Å². The Morgan fingerprint density at radius 1 is 0.628 bits per heavy atom. The van der Waals surface area contributed by atoms with Gasteiger partial charge in [-0.3, -0.25) is 0 Å². The van der Waals surface area contributed by atoms with E-state index < -0.39 is 52.0 Å². The van der Waals surface area contributed by atoms with Crippen LogP contribution in [0, 0.1) is 23.3 Å². The number of aromatic carboxylic acids is 1. The van der Waals surface area contributed by atoms with Crippen LogP contribution in [0.15, 0.2) is 66.7 Å². The second-order valence-electron chi connectivity index (χ2n) is 8.71. The third-order valence-electron chi connectivity index (χ3n) is 6.11. The molecule has 4 aromatic rings. The average molecular weight is 603 g/mol. The predicted molar refractivity (Wildman–Crippen MR) is 153 cm³/mol. The van der Waals surface area contributed by atoms with Crippen molar-refractivity contribution < 1.29 is 46.4 Å². The summed E-state index contributed by atoms with van der Waals surface area (Å²) in [6.45, 7) is 0.443. The lowest BCUT2D eigenvalue weighted by atomic mass is 10.1. The van der Waals surface area contributed by atoms with Gasteiger partial charge in [-0.25, -0.2) is 22.4 Å². The second-order valence-corrected chi connectivity index (χ2v) is 8.71. The maximum Gasteiger partial charge on any atom is 0.343 e. The van der Waals surface area contributed by atoms with Crippen molar-refractivity contribution >= 4 is 17.3 Å². The predicted octanol–water partition coefficient (Wildman–Crippen LogP) is 6.89. The van der Waals surface area contributed by atoms with Gasteiger partial charge in [-0.05, 0) is 11.1 Å². The Morgan fingerprint density at radius 2 is 1.00 bits per heavy atom. The van der Waals surface area contributed by atoms with Crippen LogP contribution in [0.4, 0.5) is 28.9 Å². The van der Waals surface area contributed by atoms with Crippen LogP contribution < -0.4 is 29.6 Å². The molecule has 43 heavy (non-hydrogen) atoms. The first kappa shape index (κ1) is 32.4. The number of anilines is 2. The van der Waals surface area contributed by atoms with Crippen LogP contribution >= 0.6 is 0 Å². The highest BCUT2D eigenvalue weighted by molar-refractivity contribution is 5.95. The Morgan fingerprint density at radius 3 is 1.33 bits per heavy atom. The first-order valence-electron chi connectivity index (χ1n) is 12.7. The minimum atomic E-state index is -1.55. The first-order valence-corrected chi connectivity index (χ1v) is 12.7. The van der Waals surface area contributed by atoms with E-state index in [2.05, 4.69) is 10.6 Å². The molecule has 4 rings (SSSR count). The summed E-state index contributed by atoms with van der Waals surface area (Å²) in [5.41, 5.74) is 0.243. The number of nitrogens with one attached hydrogen (secondary N) is 2. The molecule has 228 valence electrons. The van der Waals surface area contributed by atoms with Crippen LogP contribution in [0.5, 0.6) is 23.0 Å². The molecular formula is C31H30F4N2O6. The zero-order valence-electron chi connectivity index (χ0n) is 23.8. The summed E-state index contributed by atoms with van der Waals surface area (Å²) in [4.78, 5) is 11.2. The van der Waals surface area contributed by atoms with Crippen molar-refractivity contribution in [3.8, 4) is 23.0 Å². The molecule has 0 amide bonds. The summed E-state index contributed by atoms with van der Waals surface area (Å²) < 4.78 is 76.3.